The first-order valence-corrected chi connectivity index (χ1v) is 9.28. The zero-order chi connectivity index (χ0) is 19.1. The molecule has 4 heteroatoms. The molecular weight excluding hydrogens is 324 g/mol. The van der Waals surface area contributed by atoms with E-state index < -0.39 is 12.2 Å². The molecule has 0 saturated heterocycles. The second kappa shape index (κ2) is 9.83. The fourth-order valence-electron chi connectivity index (χ4n) is 3.06. The van der Waals surface area contributed by atoms with E-state index in [1.54, 1.807) is 0 Å². The van der Waals surface area contributed by atoms with Gasteiger partial charge in [-0.1, -0.05) is 60.7 Å². The Morgan fingerprint density at radius 1 is 0.654 bits per heavy atom. The fourth-order valence-corrected chi connectivity index (χ4v) is 3.06. The maximum absolute atomic E-state index is 10.6. The number of aliphatic hydroxyl groups is 2. The van der Waals surface area contributed by atoms with Crippen molar-refractivity contribution in [3.8, 4) is 0 Å². The van der Waals surface area contributed by atoms with Gasteiger partial charge in [0.2, 0.25) is 0 Å². The van der Waals surface area contributed by atoms with Crippen molar-refractivity contribution in [2.75, 3.05) is 27.2 Å². The van der Waals surface area contributed by atoms with Crippen LogP contribution in [0.25, 0.3) is 0 Å². The first-order valence-electron chi connectivity index (χ1n) is 9.28. The molecule has 4 nitrogen and oxygen atoms in total. The summed E-state index contributed by atoms with van der Waals surface area (Å²) >= 11 is 0. The van der Waals surface area contributed by atoms with Crippen LogP contribution in [0.5, 0.6) is 0 Å². The number of likely N-dealkylation sites (N-methyl/N-ethyl adjacent to an activating group) is 2. The summed E-state index contributed by atoms with van der Waals surface area (Å²) in [6.07, 6.45) is -1.03. The van der Waals surface area contributed by atoms with E-state index in [0.29, 0.717) is 0 Å². The van der Waals surface area contributed by atoms with Gasteiger partial charge in [0.15, 0.2) is 0 Å². The third-order valence-electron chi connectivity index (χ3n) is 5.39. The molecule has 0 aliphatic heterocycles. The van der Waals surface area contributed by atoms with E-state index in [9.17, 15) is 10.2 Å². The molecule has 0 heterocycles. The third kappa shape index (κ3) is 5.39. The Labute approximate surface area is 157 Å². The van der Waals surface area contributed by atoms with Gasteiger partial charge in [0.1, 0.15) is 0 Å². The van der Waals surface area contributed by atoms with E-state index in [2.05, 4.69) is 9.80 Å². The molecular formula is C22H32N2O2. The smallest absolute Gasteiger partial charge is 0.0942 e. The van der Waals surface area contributed by atoms with Gasteiger partial charge in [-0.3, -0.25) is 9.80 Å². The largest absolute Gasteiger partial charge is 0.387 e. The minimum atomic E-state index is -0.515. The van der Waals surface area contributed by atoms with E-state index in [1.807, 2.05) is 88.6 Å². The summed E-state index contributed by atoms with van der Waals surface area (Å²) in [7, 11) is 4.06. The summed E-state index contributed by atoms with van der Waals surface area (Å²) in [4.78, 5) is 4.32. The van der Waals surface area contributed by atoms with E-state index in [0.717, 1.165) is 24.2 Å². The number of aliphatic hydroxyl groups excluding tert-OH is 2. The van der Waals surface area contributed by atoms with Gasteiger partial charge in [0.05, 0.1) is 12.2 Å². The molecule has 0 aliphatic carbocycles. The van der Waals surface area contributed by atoms with Crippen LogP contribution in [0.1, 0.15) is 37.2 Å². The van der Waals surface area contributed by atoms with Crippen LogP contribution < -0.4 is 0 Å². The highest BCUT2D eigenvalue weighted by Gasteiger charge is 2.23. The van der Waals surface area contributed by atoms with Gasteiger partial charge < -0.3 is 10.2 Å². The Hall–Kier alpha value is -1.72. The molecule has 26 heavy (non-hydrogen) atoms. The average molecular weight is 357 g/mol. The van der Waals surface area contributed by atoms with Crippen molar-refractivity contribution in [1.29, 1.82) is 0 Å². The van der Waals surface area contributed by atoms with Gasteiger partial charge in [0.25, 0.3) is 0 Å². The Balaban J connectivity index is 1.86. The zero-order valence-corrected chi connectivity index (χ0v) is 16.3. The molecule has 0 aliphatic rings. The molecule has 0 spiro atoms. The predicted octanol–water partition coefficient (Wildman–Crippen LogP) is 3.09. The SMILES string of the molecule is C[C@@H]([C@H](O)c1ccccc1)N(C)CCN(C)[C@@H](C)[C@H](O)c1ccccc1. The van der Waals surface area contributed by atoms with Crippen LogP contribution in [-0.4, -0.2) is 59.3 Å². The van der Waals surface area contributed by atoms with Crippen LogP contribution in [0.2, 0.25) is 0 Å². The maximum Gasteiger partial charge on any atom is 0.0942 e. The highest BCUT2D eigenvalue weighted by atomic mass is 16.3. The fraction of sp³-hybridized carbons (Fsp3) is 0.455. The van der Waals surface area contributed by atoms with Crippen LogP contribution in [0.4, 0.5) is 0 Å². The summed E-state index contributed by atoms with van der Waals surface area (Å²) < 4.78 is 0. The van der Waals surface area contributed by atoms with Crippen LogP contribution >= 0.6 is 0 Å². The third-order valence-corrected chi connectivity index (χ3v) is 5.39. The maximum atomic E-state index is 10.6. The average Bonchev–Trinajstić information content (AvgIpc) is 2.70. The molecule has 2 aromatic carbocycles. The highest BCUT2D eigenvalue weighted by Crippen LogP contribution is 2.21. The quantitative estimate of drug-likeness (QED) is 0.725. The van der Waals surface area contributed by atoms with Crippen LogP contribution in [-0.2, 0) is 0 Å². The number of rotatable bonds is 9. The Morgan fingerprint density at radius 3 is 1.27 bits per heavy atom. The second-order valence-corrected chi connectivity index (χ2v) is 7.15. The molecule has 0 fully saturated rings. The lowest BCUT2D eigenvalue weighted by molar-refractivity contribution is 0.0466. The van der Waals surface area contributed by atoms with Crippen molar-refractivity contribution in [1.82, 2.24) is 9.80 Å². The van der Waals surface area contributed by atoms with Crippen LogP contribution in [0.15, 0.2) is 60.7 Å². The van der Waals surface area contributed by atoms with Crippen LogP contribution in [0, 0.1) is 0 Å². The molecule has 0 bridgehead atoms. The van der Waals surface area contributed by atoms with Gasteiger partial charge >= 0.3 is 0 Å². The van der Waals surface area contributed by atoms with Gasteiger partial charge in [0, 0.05) is 25.2 Å². The Bertz CT molecular complexity index is 578. The lowest BCUT2D eigenvalue weighted by atomic mass is 10.0. The summed E-state index contributed by atoms with van der Waals surface area (Å²) in [6.45, 7) is 5.71. The zero-order valence-electron chi connectivity index (χ0n) is 16.3. The van der Waals surface area contributed by atoms with Crippen LogP contribution in [0.3, 0.4) is 0 Å². The summed E-state index contributed by atoms with van der Waals surface area (Å²) in [5.41, 5.74) is 1.88. The van der Waals surface area contributed by atoms with E-state index in [4.69, 9.17) is 0 Å². The highest BCUT2D eigenvalue weighted by molar-refractivity contribution is 5.19. The number of hydrogen-bond acceptors (Lipinski definition) is 4. The molecule has 2 rings (SSSR count). The summed E-state index contributed by atoms with van der Waals surface area (Å²) in [5.74, 6) is 0. The summed E-state index contributed by atoms with van der Waals surface area (Å²) in [5, 5.41) is 21.2. The van der Waals surface area contributed by atoms with Gasteiger partial charge in [-0.2, -0.15) is 0 Å². The van der Waals surface area contributed by atoms with Crippen molar-refractivity contribution >= 4 is 0 Å². The van der Waals surface area contributed by atoms with E-state index in [-0.39, 0.29) is 12.1 Å². The topological polar surface area (TPSA) is 46.9 Å². The van der Waals surface area contributed by atoms with Crippen molar-refractivity contribution in [3.63, 3.8) is 0 Å². The molecule has 0 aromatic heterocycles. The van der Waals surface area contributed by atoms with Crippen molar-refractivity contribution < 1.29 is 10.2 Å². The van der Waals surface area contributed by atoms with Gasteiger partial charge in [-0.05, 0) is 39.1 Å². The second-order valence-electron chi connectivity index (χ2n) is 7.15. The first-order chi connectivity index (χ1) is 12.4. The molecule has 0 saturated carbocycles. The molecule has 2 aromatic rings. The molecule has 0 unspecified atom stereocenters. The lowest BCUT2D eigenvalue weighted by Crippen LogP contribution is -2.42. The number of hydrogen-bond donors (Lipinski definition) is 2. The standard InChI is InChI=1S/C22H32N2O2/c1-17(21(25)19-11-7-5-8-12-19)23(3)15-16-24(4)18(2)22(26)20-13-9-6-10-14-20/h5-14,17-18,21-22,25-26H,15-16H2,1-4H3/t17-,18-,21-,22-/m0/s1. The van der Waals surface area contributed by atoms with E-state index in [1.165, 1.54) is 0 Å². The molecule has 0 amide bonds. The Morgan fingerprint density at radius 2 is 0.962 bits per heavy atom. The molecule has 142 valence electrons. The van der Waals surface area contributed by atoms with Crippen molar-refractivity contribution in [3.05, 3.63) is 71.8 Å². The Kier molecular flexibility index (Phi) is 7.79. The normalized spacial score (nSPS) is 16.5. The molecule has 2 N–H and O–H groups in total. The van der Waals surface area contributed by atoms with Crippen molar-refractivity contribution in [2.45, 2.75) is 38.1 Å². The molecule has 4 atom stereocenters. The van der Waals surface area contributed by atoms with Gasteiger partial charge in [-0.25, -0.2) is 0 Å². The minimum absolute atomic E-state index is 0.0140. The van der Waals surface area contributed by atoms with E-state index >= 15 is 0 Å². The predicted molar refractivity (Wildman–Crippen MR) is 107 cm³/mol. The minimum Gasteiger partial charge on any atom is -0.387 e. The van der Waals surface area contributed by atoms with Gasteiger partial charge in [-0.15, -0.1) is 0 Å². The lowest BCUT2D eigenvalue weighted by Gasteiger charge is -2.33. The molecule has 0 radical (unpaired) electrons. The monoisotopic (exact) mass is 356 g/mol. The van der Waals surface area contributed by atoms with Crippen molar-refractivity contribution in [2.24, 2.45) is 0 Å². The summed E-state index contributed by atoms with van der Waals surface area (Å²) in [6, 6.07) is 19.6. The number of benzene rings is 2. The first kappa shape index (κ1) is 20.6. The number of nitrogens with zero attached hydrogens (tertiary/aromatic N) is 2.